The molecular weight excluding hydrogens is 274 g/mol. The average molecular weight is 288 g/mol. The predicted molar refractivity (Wildman–Crippen MR) is 79.8 cm³/mol. The fourth-order valence-electron chi connectivity index (χ4n) is 2.17. The zero-order valence-electron chi connectivity index (χ0n) is 11.3. The Morgan fingerprint density at radius 3 is 2.95 bits per heavy atom. The lowest BCUT2D eigenvalue weighted by Crippen LogP contribution is -2.05. The van der Waals surface area contributed by atoms with Crippen LogP contribution in [0.3, 0.4) is 0 Å². The Kier molecular flexibility index (Phi) is 3.28. The molecule has 0 spiro atoms. The molecule has 1 N–H and O–H groups in total. The van der Waals surface area contributed by atoms with E-state index in [1.807, 2.05) is 42.9 Å². The third-order valence-corrected chi connectivity index (χ3v) is 3.42. The maximum absolute atomic E-state index is 6.27. The molecule has 0 saturated heterocycles. The van der Waals surface area contributed by atoms with Crippen LogP contribution in [0.25, 0.3) is 10.9 Å². The molecule has 0 atom stereocenters. The Hall–Kier alpha value is -2.14. The first kappa shape index (κ1) is 12.9. The van der Waals surface area contributed by atoms with E-state index in [0.29, 0.717) is 17.5 Å². The maximum Gasteiger partial charge on any atom is 0.223 e. The van der Waals surface area contributed by atoms with Gasteiger partial charge in [-0.3, -0.25) is 4.68 Å². The van der Waals surface area contributed by atoms with E-state index in [4.69, 9.17) is 11.6 Å². The number of nitrogens with one attached hydrogen (secondary N) is 1. The fraction of sp³-hybridized carbons (Fsp3) is 0.214. The lowest BCUT2D eigenvalue weighted by atomic mass is 10.2. The number of aromatic nitrogens is 4. The zero-order valence-corrected chi connectivity index (χ0v) is 12.0. The minimum Gasteiger partial charge on any atom is -0.348 e. The van der Waals surface area contributed by atoms with Gasteiger partial charge in [-0.1, -0.05) is 17.7 Å². The van der Waals surface area contributed by atoms with Gasteiger partial charge >= 0.3 is 0 Å². The van der Waals surface area contributed by atoms with Crippen molar-refractivity contribution >= 4 is 28.5 Å². The van der Waals surface area contributed by atoms with E-state index in [1.54, 1.807) is 6.20 Å². The lowest BCUT2D eigenvalue weighted by molar-refractivity contribution is 0.770. The lowest BCUT2D eigenvalue weighted by Gasteiger charge is -2.03. The second kappa shape index (κ2) is 5.09. The minimum atomic E-state index is 0.532. The topological polar surface area (TPSA) is 55.6 Å². The number of nitrogens with zero attached hydrogens (tertiary/aromatic N) is 4. The normalized spacial score (nSPS) is 10.9. The second-order valence-electron chi connectivity index (χ2n) is 4.58. The molecule has 0 aliphatic heterocycles. The Bertz CT molecular complexity index is 765. The molecule has 0 bridgehead atoms. The maximum atomic E-state index is 6.27. The summed E-state index contributed by atoms with van der Waals surface area (Å²) in [5.41, 5.74) is 2.82. The molecule has 3 aromatic rings. The molecule has 0 radical (unpaired) electrons. The third kappa shape index (κ3) is 2.32. The summed E-state index contributed by atoms with van der Waals surface area (Å²) in [6.07, 6.45) is 1.73. The Morgan fingerprint density at radius 2 is 2.15 bits per heavy atom. The number of rotatable bonds is 3. The van der Waals surface area contributed by atoms with Gasteiger partial charge in [0.1, 0.15) is 0 Å². The van der Waals surface area contributed by atoms with Crippen LogP contribution >= 0.6 is 11.6 Å². The van der Waals surface area contributed by atoms with Crippen LogP contribution in [-0.4, -0.2) is 19.7 Å². The highest BCUT2D eigenvalue weighted by Gasteiger charge is 2.11. The van der Waals surface area contributed by atoms with E-state index in [1.165, 1.54) is 0 Å². The number of fused-ring (bicyclic) bond motifs is 1. The number of hydrogen-bond acceptors (Lipinski definition) is 4. The molecule has 2 aromatic heterocycles. The third-order valence-electron chi connectivity index (χ3n) is 3.11. The van der Waals surface area contributed by atoms with Gasteiger partial charge in [-0.05, 0) is 25.1 Å². The van der Waals surface area contributed by atoms with Crippen molar-refractivity contribution in [3.05, 3.63) is 46.9 Å². The first-order chi connectivity index (χ1) is 9.65. The molecule has 0 fully saturated rings. The van der Waals surface area contributed by atoms with Gasteiger partial charge < -0.3 is 5.32 Å². The average Bonchev–Trinajstić information content (AvgIpc) is 2.75. The first-order valence-electron chi connectivity index (χ1n) is 6.29. The van der Waals surface area contributed by atoms with Gasteiger partial charge in [-0.2, -0.15) is 5.10 Å². The molecular formula is C14H14ClN5. The number of anilines is 1. The van der Waals surface area contributed by atoms with Crippen molar-refractivity contribution in [2.75, 3.05) is 5.32 Å². The van der Waals surface area contributed by atoms with Gasteiger partial charge in [0.15, 0.2) is 0 Å². The van der Waals surface area contributed by atoms with Crippen LogP contribution in [0.15, 0.2) is 30.5 Å². The largest absolute Gasteiger partial charge is 0.348 e. The van der Waals surface area contributed by atoms with Crippen molar-refractivity contribution in [1.82, 2.24) is 19.7 Å². The van der Waals surface area contributed by atoms with Crippen LogP contribution in [0, 0.1) is 6.92 Å². The predicted octanol–water partition coefficient (Wildman–Crippen LogP) is 2.94. The van der Waals surface area contributed by atoms with Gasteiger partial charge in [0, 0.05) is 24.3 Å². The van der Waals surface area contributed by atoms with Gasteiger partial charge in [-0.25, -0.2) is 9.97 Å². The quantitative estimate of drug-likeness (QED) is 0.805. The smallest absolute Gasteiger partial charge is 0.223 e. The molecule has 102 valence electrons. The van der Waals surface area contributed by atoms with Gasteiger partial charge in [0.25, 0.3) is 0 Å². The van der Waals surface area contributed by atoms with E-state index in [0.717, 1.165) is 22.3 Å². The minimum absolute atomic E-state index is 0.532. The van der Waals surface area contributed by atoms with Gasteiger partial charge in [-0.15, -0.1) is 0 Å². The summed E-state index contributed by atoms with van der Waals surface area (Å²) >= 11 is 6.27. The molecule has 20 heavy (non-hydrogen) atoms. The summed E-state index contributed by atoms with van der Waals surface area (Å²) in [5.74, 6) is 0.593. The van der Waals surface area contributed by atoms with Crippen molar-refractivity contribution in [3.63, 3.8) is 0 Å². The van der Waals surface area contributed by atoms with Crippen LogP contribution in [0.2, 0.25) is 5.02 Å². The second-order valence-corrected chi connectivity index (χ2v) is 4.99. The Balaban J connectivity index is 1.92. The van der Waals surface area contributed by atoms with Crippen LogP contribution in [-0.2, 0) is 13.6 Å². The van der Waals surface area contributed by atoms with E-state index < -0.39 is 0 Å². The summed E-state index contributed by atoms with van der Waals surface area (Å²) in [5, 5.41) is 9.36. The Morgan fingerprint density at radius 1 is 1.30 bits per heavy atom. The summed E-state index contributed by atoms with van der Waals surface area (Å²) in [6, 6.07) is 7.66. The number of hydrogen-bond donors (Lipinski definition) is 1. The highest BCUT2D eigenvalue weighted by atomic mass is 35.5. The number of benzene rings is 1. The number of aryl methyl sites for hydroxylation is 2. The van der Waals surface area contributed by atoms with E-state index in [2.05, 4.69) is 20.4 Å². The monoisotopic (exact) mass is 287 g/mol. The van der Waals surface area contributed by atoms with Crippen molar-refractivity contribution in [2.45, 2.75) is 13.5 Å². The van der Waals surface area contributed by atoms with Crippen LogP contribution < -0.4 is 5.32 Å². The van der Waals surface area contributed by atoms with E-state index in [9.17, 15) is 0 Å². The van der Waals surface area contributed by atoms with Crippen molar-refractivity contribution in [3.8, 4) is 0 Å². The molecule has 0 aliphatic carbocycles. The van der Waals surface area contributed by atoms with Gasteiger partial charge in [0.2, 0.25) is 5.95 Å². The first-order valence-corrected chi connectivity index (χ1v) is 6.66. The van der Waals surface area contributed by atoms with E-state index >= 15 is 0 Å². The molecule has 0 aliphatic rings. The van der Waals surface area contributed by atoms with Crippen molar-refractivity contribution in [1.29, 1.82) is 0 Å². The summed E-state index contributed by atoms with van der Waals surface area (Å²) in [7, 11) is 1.91. The van der Waals surface area contributed by atoms with Crippen molar-refractivity contribution < 1.29 is 0 Å². The van der Waals surface area contributed by atoms with Crippen LogP contribution in [0.1, 0.15) is 11.4 Å². The Labute approximate surface area is 121 Å². The SMILES string of the molecule is Cc1ccnc(NCc2nn(C)c3cccc(Cl)c23)n1. The fourth-order valence-corrected chi connectivity index (χ4v) is 2.45. The zero-order chi connectivity index (χ0) is 14.1. The highest BCUT2D eigenvalue weighted by molar-refractivity contribution is 6.35. The molecule has 5 nitrogen and oxygen atoms in total. The molecule has 2 heterocycles. The van der Waals surface area contributed by atoms with Crippen molar-refractivity contribution in [2.24, 2.45) is 7.05 Å². The highest BCUT2D eigenvalue weighted by Crippen LogP contribution is 2.26. The molecule has 3 rings (SSSR count). The van der Waals surface area contributed by atoms with Crippen LogP contribution in [0.5, 0.6) is 0 Å². The van der Waals surface area contributed by atoms with Crippen LogP contribution in [0.4, 0.5) is 5.95 Å². The summed E-state index contributed by atoms with van der Waals surface area (Å²) in [4.78, 5) is 8.48. The van der Waals surface area contributed by atoms with Gasteiger partial charge in [0.05, 0.1) is 22.8 Å². The molecule has 0 unspecified atom stereocenters. The standard InChI is InChI=1S/C14H14ClN5/c1-9-6-7-16-14(18-9)17-8-11-13-10(15)4-3-5-12(13)20(2)19-11/h3-7H,8H2,1-2H3,(H,16,17,18). The summed E-state index contributed by atoms with van der Waals surface area (Å²) < 4.78 is 1.83. The molecule has 0 amide bonds. The summed E-state index contributed by atoms with van der Waals surface area (Å²) in [6.45, 7) is 2.46. The molecule has 6 heteroatoms. The van der Waals surface area contributed by atoms with E-state index in [-0.39, 0.29) is 0 Å². The molecule has 0 saturated carbocycles. The number of halogens is 1. The molecule has 1 aromatic carbocycles.